The Labute approximate surface area is 351 Å². The first-order valence-electron chi connectivity index (χ1n) is 20.7. The van der Waals surface area contributed by atoms with E-state index in [2.05, 4.69) is 88.1 Å². The van der Waals surface area contributed by atoms with Crippen LogP contribution in [-0.4, -0.2) is 79.7 Å². The Bertz CT molecular complexity index is 2430. The van der Waals surface area contributed by atoms with Crippen LogP contribution in [0.2, 0.25) is 0 Å². The Hall–Kier alpha value is -6.43. The largest absolute Gasteiger partial charge is 0.453 e. The predicted molar refractivity (Wildman–Crippen MR) is 234 cm³/mol. The number of ether oxygens (including phenoxy) is 2. The van der Waals surface area contributed by atoms with Gasteiger partial charge in [-0.05, 0) is 84.7 Å². The number of likely N-dealkylation sites (tertiary alicyclic amines) is 1. The first kappa shape index (κ1) is 41.7. The van der Waals surface area contributed by atoms with Crippen LogP contribution in [0.15, 0.2) is 103 Å². The summed E-state index contributed by atoms with van der Waals surface area (Å²) < 4.78 is 10.6. The first-order chi connectivity index (χ1) is 28.8. The van der Waals surface area contributed by atoms with E-state index in [1.54, 1.807) is 4.90 Å². The second-order valence-electron chi connectivity index (χ2n) is 16.9. The molecule has 3 heterocycles. The lowest BCUT2D eigenvalue weighted by Gasteiger charge is -2.28. The Kier molecular flexibility index (Phi) is 12.4. The summed E-state index contributed by atoms with van der Waals surface area (Å²) in [7, 11) is 1.29. The molecule has 1 aliphatic heterocycles. The topological polar surface area (TPSA) is 146 Å². The molecule has 0 spiro atoms. The number of benzene rings is 4. The highest BCUT2D eigenvalue weighted by molar-refractivity contribution is 5.91. The van der Waals surface area contributed by atoms with E-state index >= 15 is 0 Å². The van der Waals surface area contributed by atoms with Gasteiger partial charge < -0.3 is 29.7 Å². The summed E-state index contributed by atoms with van der Waals surface area (Å²) in [6.07, 6.45) is 4.26. The summed E-state index contributed by atoms with van der Waals surface area (Å²) in [6.45, 7) is 12.8. The lowest BCUT2D eigenvalue weighted by molar-refractivity contribution is -0.135. The number of nitrogens with zero attached hydrogens (tertiary/aromatic N) is 4. The summed E-state index contributed by atoms with van der Waals surface area (Å²) in [5.41, 5.74) is 6.42. The van der Waals surface area contributed by atoms with Crippen molar-refractivity contribution < 1.29 is 23.9 Å². The van der Waals surface area contributed by atoms with E-state index in [4.69, 9.17) is 19.4 Å². The number of H-pyrrole nitrogens is 2. The van der Waals surface area contributed by atoms with Crippen LogP contribution in [0.1, 0.15) is 83.6 Å². The molecular formula is C48H55N7O5. The van der Waals surface area contributed by atoms with Gasteiger partial charge in [0.25, 0.3) is 0 Å². The Morgan fingerprint density at radius 2 is 1.58 bits per heavy atom. The van der Waals surface area contributed by atoms with Gasteiger partial charge in [0.15, 0.2) is 0 Å². The van der Waals surface area contributed by atoms with Crippen molar-refractivity contribution in [3.8, 4) is 33.6 Å². The summed E-state index contributed by atoms with van der Waals surface area (Å²) in [5.74, 6) is 1.30. The third-order valence-corrected chi connectivity index (χ3v) is 10.9. The Morgan fingerprint density at radius 1 is 0.917 bits per heavy atom. The predicted octanol–water partition coefficient (Wildman–Crippen LogP) is 9.87. The first-order valence-corrected chi connectivity index (χ1v) is 20.7. The molecule has 0 radical (unpaired) electrons. The number of aromatic amines is 2. The molecule has 60 heavy (non-hydrogen) atoms. The fraction of sp³-hybridized carbons (Fsp3) is 0.354. The number of carbonyl (C=O) groups is 3. The Balaban J connectivity index is 1.04. The number of hydrogen-bond donors (Lipinski definition) is 3. The number of carbonyl (C=O) groups excluding carboxylic acids is 3. The molecule has 0 bridgehead atoms. The molecule has 2 aromatic heterocycles. The van der Waals surface area contributed by atoms with Gasteiger partial charge in [0.05, 0.1) is 37.3 Å². The van der Waals surface area contributed by atoms with Crippen LogP contribution < -0.4 is 5.32 Å². The zero-order chi connectivity index (χ0) is 42.6. The average Bonchev–Trinajstić information content (AvgIpc) is 4.03. The molecule has 3 amide bonds. The molecule has 6 aromatic rings. The molecule has 4 aromatic carbocycles. The van der Waals surface area contributed by atoms with Crippen molar-refractivity contribution in [2.75, 3.05) is 20.2 Å². The monoisotopic (exact) mass is 809 g/mol. The molecule has 1 fully saturated rings. The summed E-state index contributed by atoms with van der Waals surface area (Å²) in [4.78, 5) is 58.8. The zero-order valence-corrected chi connectivity index (χ0v) is 35.5. The fourth-order valence-corrected chi connectivity index (χ4v) is 7.87. The minimum Gasteiger partial charge on any atom is -0.453 e. The van der Waals surface area contributed by atoms with Gasteiger partial charge in [-0.3, -0.25) is 9.69 Å². The van der Waals surface area contributed by atoms with Crippen LogP contribution in [-0.2, 0) is 20.8 Å². The van der Waals surface area contributed by atoms with Crippen molar-refractivity contribution >= 4 is 28.9 Å². The molecule has 12 nitrogen and oxygen atoms in total. The van der Waals surface area contributed by atoms with Crippen molar-refractivity contribution in [1.29, 1.82) is 0 Å². The number of fused-ring (bicyclic) bond motifs is 1. The molecule has 7 rings (SSSR count). The normalized spacial score (nSPS) is 15.9. The van der Waals surface area contributed by atoms with E-state index in [0.29, 0.717) is 25.5 Å². The molecule has 3 atom stereocenters. The van der Waals surface area contributed by atoms with Crippen LogP contribution >= 0.6 is 0 Å². The molecule has 3 N–H and O–H groups in total. The number of alkyl carbamates (subject to hydrolysis) is 1. The number of amides is 3. The maximum Gasteiger partial charge on any atom is 0.410 e. The van der Waals surface area contributed by atoms with Gasteiger partial charge in [-0.25, -0.2) is 19.6 Å². The second kappa shape index (κ2) is 17.8. The standard InChI is InChI=1S/C48H55N7O5/c1-8-22-54(45(56)43(30(2)3)53-46(57)59-7)29-42-49-26-40(51-42)37-21-20-35-23-34(18-19-36(35)24-37)32-14-16-33(17-15-32)39-27-50-44(52-39)41-25-38(31-12-10-9-11-13-31)28-55(41)47(58)60-48(4,5)6/h9-21,23-24,26-27,30,38,41,43H,8,22,25,28-29H2,1-7H3,(H,49,51)(H,50,52)(H,53,57)/t38-,41-,43-/m0/s1. The smallest absolute Gasteiger partial charge is 0.410 e. The quantitative estimate of drug-likeness (QED) is 0.112. The van der Waals surface area contributed by atoms with Crippen LogP contribution in [0, 0.1) is 5.92 Å². The third-order valence-electron chi connectivity index (χ3n) is 10.9. The van der Waals surface area contributed by atoms with E-state index < -0.39 is 17.7 Å². The highest BCUT2D eigenvalue weighted by atomic mass is 16.6. The number of imidazole rings is 2. The third kappa shape index (κ3) is 9.54. The van der Waals surface area contributed by atoms with Gasteiger partial charge in [-0.15, -0.1) is 0 Å². The summed E-state index contributed by atoms with van der Waals surface area (Å²) in [5, 5.41) is 4.87. The number of methoxy groups -OCH3 is 1. The maximum absolute atomic E-state index is 13.5. The minimum atomic E-state index is -0.706. The van der Waals surface area contributed by atoms with Gasteiger partial charge in [0, 0.05) is 30.8 Å². The van der Waals surface area contributed by atoms with Crippen LogP contribution in [0.25, 0.3) is 44.4 Å². The van der Waals surface area contributed by atoms with Crippen molar-refractivity contribution in [2.24, 2.45) is 5.92 Å². The van der Waals surface area contributed by atoms with Gasteiger partial charge >= 0.3 is 12.2 Å². The highest BCUT2D eigenvalue weighted by Crippen LogP contribution is 2.41. The lowest BCUT2D eigenvalue weighted by Crippen LogP contribution is -2.51. The van der Waals surface area contributed by atoms with E-state index in [1.165, 1.54) is 12.7 Å². The number of hydrogen-bond acceptors (Lipinski definition) is 7. The van der Waals surface area contributed by atoms with Crippen LogP contribution in [0.4, 0.5) is 9.59 Å². The number of aromatic nitrogens is 4. The number of nitrogens with one attached hydrogen (secondary N) is 3. The van der Waals surface area contributed by atoms with Crippen LogP contribution in [0.3, 0.4) is 0 Å². The molecule has 1 saturated heterocycles. The van der Waals surface area contributed by atoms with E-state index in [0.717, 1.165) is 63.1 Å². The van der Waals surface area contributed by atoms with Gasteiger partial charge in [0.2, 0.25) is 5.91 Å². The Morgan fingerprint density at radius 3 is 2.25 bits per heavy atom. The van der Waals surface area contributed by atoms with Crippen molar-refractivity contribution in [3.63, 3.8) is 0 Å². The molecule has 0 aliphatic carbocycles. The molecule has 1 aliphatic rings. The highest BCUT2D eigenvalue weighted by Gasteiger charge is 2.40. The van der Waals surface area contributed by atoms with Gasteiger partial charge in [0.1, 0.15) is 23.3 Å². The zero-order valence-electron chi connectivity index (χ0n) is 35.5. The second-order valence-corrected chi connectivity index (χ2v) is 16.9. The number of rotatable bonds is 12. The summed E-state index contributed by atoms with van der Waals surface area (Å²) >= 11 is 0. The summed E-state index contributed by atoms with van der Waals surface area (Å²) in [6, 6.07) is 30.5. The van der Waals surface area contributed by atoms with E-state index in [9.17, 15) is 14.4 Å². The maximum atomic E-state index is 13.5. The molecule has 0 saturated carbocycles. The SMILES string of the molecule is CCCN(Cc1nc(-c2ccc3cc(-c4ccc(-c5cnc([C@@H]6C[C@H](c7ccccc7)CN6C(=O)OC(C)(C)C)[nH]5)cc4)ccc3c2)c[nH]1)C(=O)[C@@H](NC(=O)OC)C(C)C. The van der Waals surface area contributed by atoms with Crippen molar-refractivity contribution in [1.82, 2.24) is 35.1 Å². The van der Waals surface area contributed by atoms with Gasteiger partial charge in [-0.2, -0.15) is 0 Å². The van der Waals surface area contributed by atoms with Crippen molar-refractivity contribution in [3.05, 3.63) is 121 Å². The van der Waals surface area contributed by atoms with Crippen LogP contribution in [0.5, 0.6) is 0 Å². The molecule has 312 valence electrons. The van der Waals surface area contributed by atoms with E-state index in [1.807, 2.05) is 77.0 Å². The average molecular weight is 810 g/mol. The fourth-order valence-electron chi connectivity index (χ4n) is 7.87. The molecule has 0 unspecified atom stereocenters. The molecular weight excluding hydrogens is 755 g/mol. The minimum absolute atomic E-state index is 0.117. The lowest BCUT2D eigenvalue weighted by atomic mass is 9.96. The van der Waals surface area contributed by atoms with Gasteiger partial charge in [-0.1, -0.05) is 99.6 Å². The van der Waals surface area contributed by atoms with Crippen molar-refractivity contribution in [2.45, 2.75) is 84.5 Å². The molecule has 12 heteroatoms. The van der Waals surface area contributed by atoms with E-state index in [-0.39, 0.29) is 29.9 Å².